The number of benzene rings is 1. The van der Waals surface area contributed by atoms with Gasteiger partial charge in [0.05, 0.1) is 5.52 Å². The van der Waals surface area contributed by atoms with Crippen molar-refractivity contribution in [2.75, 3.05) is 37.7 Å². The van der Waals surface area contributed by atoms with Gasteiger partial charge in [-0.1, -0.05) is 6.92 Å². The van der Waals surface area contributed by atoms with Gasteiger partial charge in [0.15, 0.2) is 0 Å². The Morgan fingerprint density at radius 1 is 1.29 bits per heavy atom. The maximum absolute atomic E-state index is 5.88. The van der Waals surface area contributed by atoms with E-state index in [1.54, 1.807) is 6.33 Å². The average Bonchev–Trinajstić information content (AvgIpc) is 2.49. The molecule has 0 amide bonds. The molecule has 0 aliphatic carbocycles. The number of nitrogens with one attached hydrogen (secondary N) is 1. The normalized spacial score (nSPS) is 18.8. The predicted molar refractivity (Wildman–Crippen MR) is 87.3 cm³/mol. The zero-order chi connectivity index (χ0) is 14.9. The van der Waals surface area contributed by atoms with Gasteiger partial charge in [0.2, 0.25) is 0 Å². The lowest BCUT2D eigenvalue weighted by molar-refractivity contribution is 0.150. The monoisotopic (exact) mass is 285 g/mol. The molecule has 112 valence electrons. The summed E-state index contributed by atoms with van der Waals surface area (Å²) in [6.45, 7) is 5.61. The molecule has 21 heavy (non-hydrogen) atoms. The van der Waals surface area contributed by atoms with E-state index in [4.69, 9.17) is 5.73 Å². The molecule has 5 heteroatoms. The van der Waals surface area contributed by atoms with E-state index in [-0.39, 0.29) is 0 Å². The summed E-state index contributed by atoms with van der Waals surface area (Å²) in [4.78, 5) is 11.1. The van der Waals surface area contributed by atoms with E-state index >= 15 is 0 Å². The summed E-state index contributed by atoms with van der Waals surface area (Å²) in [6, 6.07) is 5.75. The number of piperidine rings is 1. The number of anilines is 2. The van der Waals surface area contributed by atoms with Gasteiger partial charge in [-0.2, -0.15) is 0 Å². The smallest absolute Gasteiger partial charge is 0.137 e. The molecular formula is C16H23N5. The van der Waals surface area contributed by atoms with Gasteiger partial charge in [-0.25, -0.2) is 9.97 Å². The van der Waals surface area contributed by atoms with Crippen LogP contribution < -0.4 is 11.1 Å². The number of nitrogens with two attached hydrogens (primary N) is 1. The van der Waals surface area contributed by atoms with E-state index in [1.165, 1.54) is 12.8 Å². The van der Waals surface area contributed by atoms with Crippen molar-refractivity contribution in [3.05, 3.63) is 24.5 Å². The number of rotatable bonds is 3. The Morgan fingerprint density at radius 3 is 2.81 bits per heavy atom. The van der Waals surface area contributed by atoms with Crippen LogP contribution in [-0.2, 0) is 0 Å². The lowest BCUT2D eigenvalue weighted by Crippen LogP contribution is -2.40. The molecule has 1 fully saturated rings. The molecule has 0 saturated carbocycles. The molecule has 1 aliphatic heterocycles. The minimum atomic E-state index is 0.324. The molecule has 1 saturated heterocycles. The zero-order valence-electron chi connectivity index (χ0n) is 12.8. The summed E-state index contributed by atoms with van der Waals surface area (Å²) in [5.74, 6) is 0.882. The number of hydrogen-bond donors (Lipinski definition) is 2. The number of hydrogen-bond acceptors (Lipinski definition) is 5. The average molecular weight is 285 g/mol. The van der Waals surface area contributed by atoms with Gasteiger partial charge in [0.25, 0.3) is 0 Å². The van der Waals surface area contributed by atoms with Gasteiger partial charge in [-0.05, 0) is 56.6 Å². The molecule has 0 spiro atoms. The third kappa shape index (κ3) is 3.08. The summed E-state index contributed by atoms with van der Waals surface area (Å²) in [6.07, 6.45) is 4.03. The van der Waals surface area contributed by atoms with Gasteiger partial charge < -0.3 is 16.0 Å². The summed E-state index contributed by atoms with van der Waals surface area (Å²) >= 11 is 0. The van der Waals surface area contributed by atoms with Gasteiger partial charge in [0, 0.05) is 17.6 Å². The fourth-order valence-electron chi connectivity index (χ4n) is 2.85. The molecular weight excluding hydrogens is 262 g/mol. The van der Waals surface area contributed by atoms with Crippen molar-refractivity contribution in [3.8, 4) is 0 Å². The summed E-state index contributed by atoms with van der Waals surface area (Å²) in [5, 5.41) is 4.51. The Balaban J connectivity index is 1.77. The largest absolute Gasteiger partial charge is 0.399 e. The quantitative estimate of drug-likeness (QED) is 0.847. The number of nitrogens with zero attached hydrogens (tertiary/aromatic N) is 3. The lowest BCUT2D eigenvalue weighted by atomic mass is 9.80. The van der Waals surface area contributed by atoms with E-state index in [2.05, 4.69) is 34.2 Å². The van der Waals surface area contributed by atoms with Crippen LogP contribution in [0.2, 0.25) is 0 Å². The molecule has 0 bridgehead atoms. The Bertz CT molecular complexity index is 632. The molecule has 0 radical (unpaired) electrons. The minimum absolute atomic E-state index is 0.324. The van der Waals surface area contributed by atoms with E-state index in [1.807, 2.05) is 18.2 Å². The molecule has 5 nitrogen and oxygen atoms in total. The van der Waals surface area contributed by atoms with Gasteiger partial charge >= 0.3 is 0 Å². The highest BCUT2D eigenvalue weighted by Gasteiger charge is 2.28. The first-order chi connectivity index (χ1) is 10.1. The molecule has 2 heterocycles. The molecule has 0 unspecified atom stereocenters. The molecule has 1 aliphatic rings. The van der Waals surface area contributed by atoms with Crippen molar-refractivity contribution in [2.45, 2.75) is 19.8 Å². The minimum Gasteiger partial charge on any atom is -0.399 e. The number of nitrogen functional groups attached to an aromatic ring is 1. The molecule has 2 aromatic rings. The lowest BCUT2D eigenvalue weighted by Gasteiger charge is -2.38. The van der Waals surface area contributed by atoms with Crippen molar-refractivity contribution < 1.29 is 0 Å². The molecule has 3 N–H and O–H groups in total. The van der Waals surface area contributed by atoms with Crippen LogP contribution in [0.15, 0.2) is 24.5 Å². The Hall–Kier alpha value is -1.88. The Labute approximate surface area is 125 Å². The van der Waals surface area contributed by atoms with Crippen LogP contribution in [0.25, 0.3) is 10.9 Å². The number of fused-ring (bicyclic) bond motifs is 1. The Morgan fingerprint density at radius 2 is 2.05 bits per heavy atom. The highest BCUT2D eigenvalue weighted by atomic mass is 15.1. The molecule has 3 rings (SSSR count). The maximum atomic E-state index is 5.88. The van der Waals surface area contributed by atoms with Crippen molar-refractivity contribution in [1.29, 1.82) is 0 Å². The second-order valence-corrected chi connectivity index (χ2v) is 6.47. The zero-order valence-corrected chi connectivity index (χ0v) is 12.8. The second kappa shape index (κ2) is 5.48. The fraction of sp³-hybridized carbons (Fsp3) is 0.500. The first-order valence-electron chi connectivity index (χ1n) is 7.48. The van der Waals surface area contributed by atoms with Crippen LogP contribution in [0.5, 0.6) is 0 Å². The molecule has 1 aromatic heterocycles. The highest BCUT2D eigenvalue weighted by molar-refractivity contribution is 5.91. The van der Waals surface area contributed by atoms with Crippen LogP contribution in [-0.4, -0.2) is 41.5 Å². The summed E-state index contributed by atoms with van der Waals surface area (Å²) in [7, 11) is 2.19. The third-order valence-electron chi connectivity index (χ3n) is 4.54. The highest BCUT2D eigenvalue weighted by Crippen LogP contribution is 2.31. The number of likely N-dealkylation sites (tertiary alicyclic amines) is 1. The van der Waals surface area contributed by atoms with Crippen LogP contribution in [0.3, 0.4) is 0 Å². The van der Waals surface area contributed by atoms with Crippen molar-refractivity contribution >= 4 is 22.4 Å². The summed E-state index contributed by atoms with van der Waals surface area (Å²) in [5.41, 5.74) is 7.88. The van der Waals surface area contributed by atoms with Crippen molar-refractivity contribution in [2.24, 2.45) is 5.41 Å². The molecule has 1 aromatic carbocycles. The van der Waals surface area contributed by atoms with Crippen molar-refractivity contribution in [3.63, 3.8) is 0 Å². The fourth-order valence-corrected chi connectivity index (χ4v) is 2.85. The Kier molecular flexibility index (Phi) is 3.68. The van der Waals surface area contributed by atoms with Gasteiger partial charge in [0.1, 0.15) is 12.1 Å². The van der Waals surface area contributed by atoms with E-state index < -0.39 is 0 Å². The van der Waals surface area contributed by atoms with E-state index in [9.17, 15) is 0 Å². The molecule has 0 atom stereocenters. The third-order valence-corrected chi connectivity index (χ3v) is 4.54. The van der Waals surface area contributed by atoms with Crippen molar-refractivity contribution in [1.82, 2.24) is 14.9 Å². The van der Waals surface area contributed by atoms with Crippen LogP contribution in [0.4, 0.5) is 11.5 Å². The van der Waals surface area contributed by atoms with E-state index in [0.717, 1.165) is 42.0 Å². The van der Waals surface area contributed by atoms with Crippen LogP contribution in [0.1, 0.15) is 19.8 Å². The van der Waals surface area contributed by atoms with Crippen LogP contribution in [0, 0.1) is 5.41 Å². The van der Waals surface area contributed by atoms with Gasteiger partial charge in [-0.3, -0.25) is 0 Å². The SMILES string of the molecule is CN1CCC(C)(CNc2ncnc3ccc(N)cc23)CC1. The predicted octanol–water partition coefficient (Wildman–Crippen LogP) is 2.36. The van der Waals surface area contributed by atoms with Crippen LogP contribution >= 0.6 is 0 Å². The van der Waals surface area contributed by atoms with E-state index in [0.29, 0.717) is 5.41 Å². The maximum Gasteiger partial charge on any atom is 0.137 e. The second-order valence-electron chi connectivity index (χ2n) is 6.47. The topological polar surface area (TPSA) is 67.1 Å². The first-order valence-corrected chi connectivity index (χ1v) is 7.48. The summed E-state index contributed by atoms with van der Waals surface area (Å²) < 4.78 is 0. The first kappa shape index (κ1) is 14.1. The standard InChI is InChI=1S/C16H23N5/c1-16(5-7-21(2)8-6-16)10-18-15-13-9-12(17)3-4-14(13)19-11-20-15/h3-4,9,11H,5-8,10,17H2,1-2H3,(H,18,19,20). The van der Waals surface area contributed by atoms with Gasteiger partial charge in [-0.15, -0.1) is 0 Å². The number of aromatic nitrogens is 2.